The Morgan fingerprint density at radius 2 is 1.62 bits per heavy atom. The van der Waals surface area contributed by atoms with E-state index in [9.17, 15) is 9.59 Å². The molecule has 0 radical (unpaired) electrons. The van der Waals surface area contributed by atoms with E-state index in [-0.39, 0.29) is 18.4 Å². The Kier molecular flexibility index (Phi) is 7.63. The average molecular weight is 432 g/mol. The molecule has 6 nitrogen and oxygen atoms in total. The summed E-state index contributed by atoms with van der Waals surface area (Å²) in [4.78, 5) is 27.8. The Morgan fingerprint density at radius 1 is 0.938 bits per heavy atom. The third-order valence-electron chi connectivity index (χ3n) is 5.22. The van der Waals surface area contributed by atoms with Crippen molar-refractivity contribution in [1.82, 2.24) is 4.90 Å². The third-order valence-corrected chi connectivity index (χ3v) is 5.22. The lowest BCUT2D eigenvalue weighted by Crippen LogP contribution is -2.39. The van der Waals surface area contributed by atoms with Crippen LogP contribution in [0.4, 0.5) is 11.4 Å². The fraction of sp³-hybridized carbons (Fsp3) is 0.231. The number of hydrogen-bond donors (Lipinski definition) is 2. The van der Waals surface area contributed by atoms with Crippen LogP contribution in [0.25, 0.3) is 0 Å². The van der Waals surface area contributed by atoms with Gasteiger partial charge in [-0.1, -0.05) is 42.5 Å². The van der Waals surface area contributed by atoms with Crippen molar-refractivity contribution in [2.45, 2.75) is 19.9 Å². The summed E-state index contributed by atoms with van der Waals surface area (Å²) in [5.74, 6) is 0.315. The molecule has 32 heavy (non-hydrogen) atoms. The molecule has 3 aromatic rings. The molecule has 0 aliphatic carbocycles. The lowest BCUT2D eigenvalue weighted by Gasteiger charge is -2.27. The largest absolute Gasteiger partial charge is 0.497 e. The van der Waals surface area contributed by atoms with Gasteiger partial charge in [0.05, 0.1) is 13.7 Å². The smallest absolute Gasteiger partial charge is 0.246 e. The normalized spacial score (nSPS) is 11.7. The van der Waals surface area contributed by atoms with Crippen LogP contribution in [0, 0.1) is 13.8 Å². The van der Waals surface area contributed by atoms with Crippen molar-refractivity contribution < 1.29 is 14.3 Å². The summed E-state index contributed by atoms with van der Waals surface area (Å²) in [6.45, 7) is 3.99. The van der Waals surface area contributed by atoms with Gasteiger partial charge in [-0.2, -0.15) is 0 Å². The van der Waals surface area contributed by atoms with E-state index in [1.807, 2.05) is 62.4 Å². The van der Waals surface area contributed by atoms with Crippen molar-refractivity contribution in [3.05, 3.63) is 89.5 Å². The van der Waals surface area contributed by atoms with E-state index in [4.69, 9.17) is 4.74 Å². The number of carbonyl (C=O) groups is 2. The minimum Gasteiger partial charge on any atom is -0.497 e. The number of rotatable bonds is 8. The van der Waals surface area contributed by atoms with Crippen molar-refractivity contribution >= 4 is 23.2 Å². The molecule has 0 spiro atoms. The zero-order valence-electron chi connectivity index (χ0n) is 18.9. The van der Waals surface area contributed by atoms with E-state index in [2.05, 4.69) is 10.6 Å². The summed E-state index contributed by atoms with van der Waals surface area (Å²) in [5, 5.41) is 5.91. The van der Waals surface area contributed by atoms with Crippen molar-refractivity contribution in [3.8, 4) is 5.75 Å². The molecule has 3 aromatic carbocycles. The average Bonchev–Trinajstić information content (AvgIpc) is 2.77. The molecule has 1 atom stereocenters. The number of aryl methyl sites for hydroxylation is 2. The third kappa shape index (κ3) is 5.95. The number of ether oxygens (including phenoxy) is 1. The predicted molar refractivity (Wildman–Crippen MR) is 128 cm³/mol. The Hall–Kier alpha value is -3.64. The highest BCUT2D eigenvalue weighted by Gasteiger charge is 2.27. The van der Waals surface area contributed by atoms with Crippen molar-refractivity contribution in [2.75, 3.05) is 31.3 Å². The molecular formula is C26H29N3O3. The molecule has 2 N–H and O–H groups in total. The summed E-state index contributed by atoms with van der Waals surface area (Å²) in [7, 11) is 3.36. The van der Waals surface area contributed by atoms with Crippen LogP contribution in [0.1, 0.15) is 22.7 Å². The van der Waals surface area contributed by atoms with Gasteiger partial charge >= 0.3 is 0 Å². The first-order chi connectivity index (χ1) is 15.4. The van der Waals surface area contributed by atoms with E-state index < -0.39 is 6.04 Å². The molecule has 0 fully saturated rings. The highest BCUT2D eigenvalue weighted by molar-refractivity contribution is 5.97. The standard InChI is InChI=1S/C26H29N3O3/c1-18-10-11-19(2)23(16-18)28-26(31)25(20-8-6-5-7-9-20)29(3)17-24(30)27-21-12-14-22(32-4)15-13-21/h5-16,25H,17H2,1-4H3,(H,27,30)(H,28,31)/t25-/m0/s1. The molecule has 0 unspecified atom stereocenters. The first-order valence-corrected chi connectivity index (χ1v) is 10.4. The number of nitrogens with zero attached hydrogens (tertiary/aromatic N) is 1. The number of carbonyl (C=O) groups excluding carboxylic acids is 2. The number of likely N-dealkylation sites (N-methyl/N-ethyl adjacent to an activating group) is 1. The number of anilines is 2. The summed E-state index contributed by atoms with van der Waals surface area (Å²) in [5.41, 5.74) is 4.30. The van der Waals surface area contributed by atoms with Crippen LogP contribution in [0.5, 0.6) is 5.75 Å². The molecule has 2 amide bonds. The summed E-state index contributed by atoms with van der Waals surface area (Å²) in [6, 6.07) is 21.9. The second-order valence-electron chi connectivity index (χ2n) is 7.81. The van der Waals surface area contributed by atoms with Crippen LogP contribution in [-0.4, -0.2) is 37.4 Å². The maximum absolute atomic E-state index is 13.3. The lowest BCUT2D eigenvalue weighted by atomic mass is 10.0. The molecule has 0 saturated carbocycles. The van der Waals surface area contributed by atoms with Gasteiger partial charge in [-0.15, -0.1) is 0 Å². The predicted octanol–water partition coefficient (Wildman–Crippen LogP) is 4.56. The van der Waals surface area contributed by atoms with E-state index in [0.717, 1.165) is 22.4 Å². The molecule has 6 heteroatoms. The van der Waals surface area contributed by atoms with Crippen LogP contribution in [0.15, 0.2) is 72.8 Å². The Labute approximate surface area is 189 Å². The van der Waals surface area contributed by atoms with Crippen molar-refractivity contribution in [2.24, 2.45) is 0 Å². The van der Waals surface area contributed by atoms with Gasteiger partial charge in [-0.05, 0) is 67.9 Å². The second-order valence-corrected chi connectivity index (χ2v) is 7.81. The maximum atomic E-state index is 13.3. The Morgan fingerprint density at radius 3 is 2.28 bits per heavy atom. The van der Waals surface area contributed by atoms with Crippen LogP contribution >= 0.6 is 0 Å². The minimum absolute atomic E-state index is 0.0474. The first kappa shape index (κ1) is 23.0. The van der Waals surface area contributed by atoms with Gasteiger partial charge in [-0.3, -0.25) is 14.5 Å². The van der Waals surface area contributed by atoms with Gasteiger partial charge < -0.3 is 15.4 Å². The number of methoxy groups -OCH3 is 1. The fourth-order valence-electron chi connectivity index (χ4n) is 3.51. The summed E-state index contributed by atoms with van der Waals surface area (Å²) >= 11 is 0. The highest BCUT2D eigenvalue weighted by Crippen LogP contribution is 2.24. The highest BCUT2D eigenvalue weighted by atomic mass is 16.5. The van der Waals surface area contributed by atoms with Crippen molar-refractivity contribution in [1.29, 1.82) is 0 Å². The van der Waals surface area contributed by atoms with E-state index in [1.165, 1.54) is 0 Å². The van der Waals surface area contributed by atoms with Crippen molar-refractivity contribution in [3.63, 3.8) is 0 Å². The maximum Gasteiger partial charge on any atom is 0.246 e. The summed E-state index contributed by atoms with van der Waals surface area (Å²) < 4.78 is 5.14. The molecule has 3 rings (SSSR count). The van der Waals surface area contributed by atoms with Gasteiger partial charge in [0, 0.05) is 11.4 Å². The molecule has 0 heterocycles. The minimum atomic E-state index is -0.627. The molecule has 0 aliphatic heterocycles. The second kappa shape index (κ2) is 10.6. The molecule has 0 aliphatic rings. The number of amides is 2. The van der Waals surface area contributed by atoms with Crippen LogP contribution < -0.4 is 15.4 Å². The molecule has 0 saturated heterocycles. The summed E-state index contributed by atoms with van der Waals surface area (Å²) in [6.07, 6.45) is 0. The van der Waals surface area contributed by atoms with Gasteiger partial charge in [0.25, 0.3) is 0 Å². The quantitative estimate of drug-likeness (QED) is 0.548. The Bertz CT molecular complexity index is 1070. The van der Waals surface area contributed by atoms with Crippen LogP contribution in [-0.2, 0) is 9.59 Å². The topological polar surface area (TPSA) is 70.7 Å². The number of nitrogens with one attached hydrogen (secondary N) is 2. The van der Waals surface area contributed by atoms with E-state index >= 15 is 0 Å². The monoisotopic (exact) mass is 431 g/mol. The first-order valence-electron chi connectivity index (χ1n) is 10.4. The van der Waals surface area contributed by atoms with E-state index in [1.54, 1.807) is 43.3 Å². The zero-order chi connectivity index (χ0) is 23.1. The number of hydrogen-bond acceptors (Lipinski definition) is 4. The molecule has 166 valence electrons. The SMILES string of the molecule is COc1ccc(NC(=O)CN(C)[C@H](C(=O)Nc2cc(C)ccc2C)c2ccccc2)cc1. The fourth-order valence-corrected chi connectivity index (χ4v) is 3.51. The molecule has 0 aromatic heterocycles. The van der Waals surface area contributed by atoms with E-state index in [0.29, 0.717) is 11.4 Å². The van der Waals surface area contributed by atoms with Gasteiger partial charge in [0.1, 0.15) is 11.8 Å². The van der Waals surface area contributed by atoms with Gasteiger partial charge in [-0.25, -0.2) is 0 Å². The Balaban J connectivity index is 1.76. The molecule has 0 bridgehead atoms. The van der Waals surface area contributed by atoms with Gasteiger partial charge in [0.15, 0.2) is 0 Å². The number of benzene rings is 3. The van der Waals surface area contributed by atoms with Gasteiger partial charge in [0.2, 0.25) is 11.8 Å². The lowest BCUT2D eigenvalue weighted by molar-refractivity contribution is -0.123. The molecular weight excluding hydrogens is 402 g/mol. The van der Waals surface area contributed by atoms with Crippen LogP contribution in [0.2, 0.25) is 0 Å². The zero-order valence-corrected chi connectivity index (χ0v) is 18.9. The van der Waals surface area contributed by atoms with Crippen LogP contribution in [0.3, 0.4) is 0 Å².